The average Bonchev–Trinajstić information content (AvgIpc) is 2.64. The number of halogens is 1. The quantitative estimate of drug-likeness (QED) is 0.599. The third kappa shape index (κ3) is 2.31. The number of fused-ring (bicyclic) bond motifs is 1. The smallest absolute Gasteiger partial charge is 0.309 e. The summed E-state index contributed by atoms with van der Waals surface area (Å²) in [5.74, 6) is 0.437. The summed E-state index contributed by atoms with van der Waals surface area (Å²) in [7, 11) is 0. The van der Waals surface area contributed by atoms with E-state index in [1.54, 1.807) is 29.2 Å². The summed E-state index contributed by atoms with van der Waals surface area (Å²) in [6, 6.07) is 8.67. The second-order valence-corrected chi connectivity index (χ2v) is 5.48. The van der Waals surface area contributed by atoms with E-state index in [-0.39, 0.29) is 5.91 Å². The molecule has 4 nitrogen and oxygen atoms in total. The Labute approximate surface area is 122 Å². The number of rotatable bonds is 1. The Morgan fingerprint density at radius 2 is 2.00 bits per heavy atom. The maximum absolute atomic E-state index is 12.5. The van der Waals surface area contributed by atoms with Crippen molar-refractivity contribution in [2.24, 2.45) is 0 Å². The number of carbonyl (C=O) groups is 1. The predicted molar refractivity (Wildman–Crippen MR) is 78.7 cm³/mol. The molecule has 0 radical (unpaired) electrons. The number of benzene rings is 1. The van der Waals surface area contributed by atoms with E-state index in [4.69, 9.17) is 11.6 Å². The third-order valence-corrected chi connectivity index (χ3v) is 3.91. The van der Waals surface area contributed by atoms with E-state index in [2.05, 4.69) is 0 Å². The van der Waals surface area contributed by atoms with Gasteiger partial charge in [-0.25, -0.2) is 9.52 Å². The first-order chi connectivity index (χ1) is 9.66. The zero-order chi connectivity index (χ0) is 14.1. The molecule has 1 aromatic heterocycles. The summed E-state index contributed by atoms with van der Waals surface area (Å²) in [5.41, 5.74) is 0.531. The van der Waals surface area contributed by atoms with Crippen LogP contribution in [0.15, 0.2) is 30.3 Å². The lowest BCUT2D eigenvalue weighted by atomic mass is 10.2. The highest BCUT2D eigenvalue weighted by Crippen LogP contribution is 2.22. The lowest BCUT2D eigenvalue weighted by molar-refractivity contribution is -0.563. The highest BCUT2D eigenvalue weighted by Gasteiger charge is 2.27. The molecule has 1 amide bonds. The van der Waals surface area contributed by atoms with Crippen molar-refractivity contribution in [2.45, 2.75) is 25.7 Å². The normalized spacial score (nSPS) is 16.4. The van der Waals surface area contributed by atoms with Crippen molar-refractivity contribution in [1.29, 1.82) is 0 Å². The minimum absolute atomic E-state index is 0.0282. The molecule has 3 rings (SSSR count). The van der Waals surface area contributed by atoms with E-state index < -0.39 is 0 Å². The fourth-order valence-electron chi connectivity index (χ4n) is 2.62. The van der Waals surface area contributed by atoms with E-state index in [1.807, 2.05) is 6.07 Å². The molecule has 5 heteroatoms. The van der Waals surface area contributed by atoms with Gasteiger partial charge in [-0.05, 0) is 43.5 Å². The summed E-state index contributed by atoms with van der Waals surface area (Å²) < 4.78 is 0.828. The van der Waals surface area contributed by atoms with Crippen LogP contribution >= 0.6 is 11.6 Å². The fourth-order valence-corrected chi connectivity index (χ4v) is 2.80. The maximum Gasteiger partial charge on any atom is 0.309 e. The van der Waals surface area contributed by atoms with Gasteiger partial charge in [0.1, 0.15) is 5.52 Å². The van der Waals surface area contributed by atoms with Gasteiger partial charge in [0.15, 0.2) is 0 Å². The molecule has 0 bridgehead atoms. The second kappa shape index (κ2) is 5.29. The number of amides is 1. The van der Waals surface area contributed by atoms with Crippen molar-refractivity contribution in [3.63, 3.8) is 0 Å². The zero-order valence-corrected chi connectivity index (χ0v) is 11.8. The molecule has 0 N–H and O–H groups in total. The topological polar surface area (TPSA) is 47.2 Å². The predicted octanol–water partition coefficient (Wildman–Crippen LogP) is 3.03. The van der Waals surface area contributed by atoms with E-state index in [9.17, 15) is 10.0 Å². The monoisotopic (exact) mass is 290 g/mol. The van der Waals surface area contributed by atoms with Crippen LogP contribution in [0.1, 0.15) is 25.7 Å². The summed E-state index contributed by atoms with van der Waals surface area (Å²) in [6.45, 7) is 0.611. The minimum atomic E-state index is 0.0282. The number of aromatic nitrogens is 1. The lowest BCUT2D eigenvalue weighted by Crippen LogP contribution is -2.41. The van der Waals surface area contributed by atoms with Crippen molar-refractivity contribution in [3.8, 4) is 0 Å². The number of anilines is 1. The largest absolute Gasteiger partial charge is 0.710 e. The number of pyridine rings is 1. The van der Waals surface area contributed by atoms with Crippen LogP contribution in [0.25, 0.3) is 10.9 Å². The Balaban J connectivity index is 2.09. The first-order valence-electron chi connectivity index (χ1n) is 6.79. The van der Waals surface area contributed by atoms with Crippen molar-refractivity contribution in [3.05, 3.63) is 40.6 Å². The van der Waals surface area contributed by atoms with Crippen LogP contribution in [0, 0.1) is 5.21 Å². The lowest BCUT2D eigenvalue weighted by Gasteiger charge is -2.19. The molecule has 1 fully saturated rings. The van der Waals surface area contributed by atoms with Crippen molar-refractivity contribution < 1.29 is 9.52 Å². The molecule has 1 aliphatic rings. The van der Waals surface area contributed by atoms with Crippen LogP contribution < -0.4 is 9.63 Å². The number of hydrogen-bond acceptors (Lipinski definition) is 2. The number of nitrogens with zero attached hydrogens (tertiary/aromatic N) is 2. The van der Waals surface area contributed by atoms with E-state index >= 15 is 0 Å². The Morgan fingerprint density at radius 3 is 2.85 bits per heavy atom. The molecule has 0 unspecified atom stereocenters. The highest BCUT2D eigenvalue weighted by molar-refractivity contribution is 6.31. The van der Waals surface area contributed by atoms with Crippen molar-refractivity contribution in [1.82, 2.24) is 0 Å². The first kappa shape index (κ1) is 13.2. The third-order valence-electron chi connectivity index (χ3n) is 3.68. The Kier molecular flexibility index (Phi) is 3.49. The van der Waals surface area contributed by atoms with E-state index in [1.165, 1.54) is 0 Å². The molecule has 2 heterocycles. The van der Waals surface area contributed by atoms with Crippen LogP contribution in [-0.4, -0.2) is 12.5 Å². The molecule has 1 saturated heterocycles. The summed E-state index contributed by atoms with van der Waals surface area (Å²) >= 11 is 5.93. The fraction of sp³-hybridized carbons (Fsp3) is 0.333. The molecule has 20 heavy (non-hydrogen) atoms. The highest BCUT2D eigenvalue weighted by atomic mass is 35.5. The van der Waals surface area contributed by atoms with Gasteiger partial charge >= 0.3 is 5.91 Å². The molecule has 0 saturated carbocycles. The Bertz CT molecular complexity index is 672. The number of hydrogen-bond donors (Lipinski definition) is 0. The summed E-state index contributed by atoms with van der Waals surface area (Å²) in [6.07, 6.45) is 3.38. The van der Waals surface area contributed by atoms with Gasteiger partial charge < -0.3 is 5.21 Å². The van der Waals surface area contributed by atoms with E-state index in [0.29, 0.717) is 29.3 Å². The van der Waals surface area contributed by atoms with Gasteiger partial charge in [0.25, 0.3) is 5.82 Å². The molecule has 2 aromatic rings. The molecule has 0 aliphatic carbocycles. The van der Waals surface area contributed by atoms with Gasteiger partial charge in [-0.1, -0.05) is 11.6 Å². The zero-order valence-electron chi connectivity index (χ0n) is 11.0. The standard InChI is InChI=1S/C15H15ClN2O2/c16-12-6-7-13-11(10-12)5-8-14(18(13)20)17-9-3-1-2-4-15(17)19/h5-8,10H,1-4,9H2. The summed E-state index contributed by atoms with van der Waals surface area (Å²) in [5, 5.41) is 13.8. The van der Waals surface area contributed by atoms with Crippen molar-refractivity contribution in [2.75, 3.05) is 11.4 Å². The van der Waals surface area contributed by atoms with Crippen molar-refractivity contribution >= 4 is 34.2 Å². The van der Waals surface area contributed by atoms with Gasteiger partial charge in [-0.15, -0.1) is 0 Å². The van der Waals surface area contributed by atoms with Gasteiger partial charge in [-0.2, -0.15) is 4.90 Å². The van der Waals surface area contributed by atoms with Gasteiger partial charge in [0.2, 0.25) is 0 Å². The molecule has 1 aliphatic heterocycles. The van der Waals surface area contributed by atoms with E-state index in [0.717, 1.165) is 29.4 Å². The van der Waals surface area contributed by atoms with Crippen LogP contribution in [0.5, 0.6) is 0 Å². The van der Waals surface area contributed by atoms with Crippen LogP contribution in [0.4, 0.5) is 5.82 Å². The van der Waals surface area contributed by atoms with Gasteiger partial charge in [0.05, 0.1) is 6.54 Å². The molecule has 1 aromatic carbocycles. The second-order valence-electron chi connectivity index (χ2n) is 5.05. The number of carbonyl (C=O) groups excluding carboxylic acids is 1. The molecule has 104 valence electrons. The van der Waals surface area contributed by atoms with Crippen LogP contribution in [-0.2, 0) is 4.79 Å². The minimum Gasteiger partial charge on any atom is -0.710 e. The van der Waals surface area contributed by atoms with Gasteiger partial charge in [0, 0.05) is 22.9 Å². The molecular weight excluding hydrogens is 276 g/mol. The maximum atomic E-state index is 12.5. The average molecular weight is 291 g/mol. The Hall–Kier alpha value is -1.81. The Morgan fingerprint density at radius 1 is 1.15 bits per heavy atom. The summed E-state index contributed by atoms with van der Waals surface area (Å²) in [4.78, 5) is 13.7. The van der Waals surface area contributed by atoms with Crippen LogP contribution in [0.3, 0.4) is 0 Å². The molecular formula is C15H15ClN2O2. The molecule has 0 spiro atoms. The first-order valence-corrected chi connectivity index (χ1v) is 7.17. The SMILES string of the molecule is O=C1CCCCCN1c1ccc2cc(Cl)ccc2[n+]1[O-]. The molecule has 0 atom stereocenters. The van der Waals surface area contributed by atoms with Gasteiger partial charge in [-0.3, -0.25) is 0 Å². The van der Waals surface area contributed by atoms with Crippen LogP contribution in [0.2, 0.25) is 5.02 Å².